The molecule has 0 spiro atoms. The van der Waals surface area contributed by atoms with Gasteiger partial charge in [0.1, 0.15) is 11.4 Å². The third kappa shape index (κ3) is 3.13. The first-order chi connectivity index (χ1) is 13.0. The van der Waals surface area contributed by atoms with Crippen molar-refractivity contribution in [3.8, 4) is 11.4 Å². The van der Waals surface area contributed by atoms with Crippen LogP contribution >= 0.6 is 11.6 Å². The number of aliphatic hydroxyl groups excluding tert-OH is 1. The smallest absolute Gasteiger partial charge is 0.205 e. The number of halogens is 2. The molecule has 1 N–H and O–H groups in total. The van der Waals surface area contributed by atoms with Crippen molar-refractivity contribution in [2.24, 2.45) is 0 Å². The van der Waals surface area contributed by atoms with Gasteiger partial charge in [-0.1, -0.05) is 16.8 Å². The molecule has 0 radical (unpaired) electrons. The fourth-order valence-corrected chi connectivity index (χ4v) is 3.75. The number of morpholine rings is 1. The summed E-state index contributed by atoms with van der Waals surface area (Å²) in [5.74, 6) is -0.573. The SMILES string of the molecule is C[C@@H]1CN(c2c(CO)cc3c(-c4nccnc4Cl)noc3c2F)C[C@H](C)O1. The summed E-state index contributed by atoms with van der Waals surface area (Å²) in [4.78, 5) is 10.0. The highest BCUT2D eigenvalue weighted by molar-refractivity contribution is 6.32. The van der Waals surface area contributed by atoms with Gasteiger partial charge in [0.2, 0.25) is 5.58 Å². The zero-order chi connectivity index (χ0) is 19.1. The first-order valence-corrected chi connectivity index (χ1v) is 8.96. The monoisotopic (exact) mass is 392 g/mol. The lowest BCUT2D eigenvalue weighted by Gasteiger charge is -2.37. The Morgan fingerprint density at radius 2 is 1.93 bits per heavy atom. The van der Waals surface area contributed by atoms with Gasteiger partial charge in [0.25, 0.3) is 0 Å². The van der Waals surface area contributed by atoms with Gasteiger partial charge in [0, 0.05) is 31.0 Å². The molecule has 1 aliphatic rings. The average molecular weight is 393 g/mol. The number of aliphatic hydroxyl groups is 1. The highest BCUT2D eigenvalue weighted by atomic mass is 35.5. The summed E-state index contributed by atoms with van der Waals surface area (Å²) in [5, 5.41) is 14.4. The molecule has 4 rings (SSSR count). The van der Waals surface area contributed by atoms with Crippen molar-refractivity contribution in [2.45, 2.75) is 32.7 Å². The number of nitrogens with zero attached hydrogens (tertiary/aromatic N) is 4. The summed E-state index contributed by atoms with van der Waals surface area (Å²) in [6, 6.07) is 1.66. The summed E-state index contributed by atoms with van der Waals surface area (Å²) < 4.78 is 26.4. The number of fused-ring (bicyclic) bond motifs is 1. The topological polar surface area (TPSA) is 84.5 Å². The Labute approximate surface area is 159 Å². The van der Waals surface area contributed by atoms with Crippen LogP contribution in [0, 0.1) is 5.82 Å². The van der Waals surface area contributed by atoms with Crippen LogP contribution in [0.5, 0.6) is 0 Å². The van der Waals surface area contributed by atoms with Gasteiger partial charge in [0.15, 0.2) is 11.0 Å². The van der Waals surface area contributed by atoms with Crippen LogP contribution in [0.15, 0.2) is 23.0 Å². The lowest BCUT2D eigenvalue weighted by molar-refractivity contribution is -0.00549. The molecule has 1 saturated heterocycles. The number of ether oxygens (including phenoxy) is 1. The van der Waals surface area contributed by atoms with Crippen molar-refractivity contribution in [3.63, 3.8) is 0 Å². The molecule has 1 aromatic carbocycles. The quantitative estimate of drug-likeness (QED) is 0.732. The first-order valence-electron chi connectivity index (χ1n) is 8.58. The Morgan fingerprint density at radius 1 is 1.22 bits per heavy atom. The second kappa shape index (κ2) is 7.03. The molecule has 2 atom stereocenters. The molecule has 142 valence electrons. The lowest BCUT2D eigenvalue weighted by Crippen LogP contribution is -2.46. The molecule has 0 amide bonds. The third-order valence-electron chi connectivity index (χ3n) is 4.54. The van der Waals surface area contributed by atoms with Gasteiger partial charge in [-0.05, 0) is 19.9 Å². The molecule has 9 heteroatoms. The van der Waals surface area contributed by atoms with E-state index in [1.807, 2.05) is 18.7 Å². The van der Waals surface area contributed by atoms with Crippen molar-refractivity contribution in [3.05, 3.63) is 35.0 Å². The highest BCUT2D eigenvalue weighted by Crippen LogP contribution is 2.38. The van der Waals surface area contributed by atoms with E-state index in [1.165, 1.54) is 12.4 Å². The van der Waals surface area contributed by atoms with Gasteiger partial charge in [-0.25, -0.2) is 14.4 Å². The molecule has 0 unspecified atom stereocenters. The Morgan fingerprint density at radius 3 is 2.59 bits per heavy atom. The maximum Gasteiger partial charge on any atom is 0.205 e. The van der Waals surface area contributed by atoms with E-state index < -0.39 is 5.82 Å². The molecule has 1 aliphatic heterocycles. The van der Waals surface area contributed by atoms with Crippen molar-refractivity contribution < 1.29 is 18.8 Å². The molecule has 0 aliphatic carbocycles. The number of aromatic nitrogens is 3. The van der Waals surface area contributed by atoms with Gasteiger partial charge < -0.3 is 19.3 Å². The van der Waals surface area contributed by atoms with Gasteiger partial charge in [0.05, 0.1) is 29.9 Å². The fourth-order valence-electron chi connectivity index (χ4n) is 3.55. The van der Waals surface area contributed by atoms with Gasteiger partial charge in [-0.15, -0.1) is 0 Å². The molecule has 0 saturated carbocycles. The minimum Gasteiger partial charge on any atom is -0.392 e. The molecule has 3 aromatic rings. The number of hydrogen-bond donors (Lipinski definition) is 1. The summed E-state index contributed by atoms with van der Waals surface area (Å²) in [6.07, 6.45) is 2.81. The van der Waals surface area contributed by atoms with Crippen LogP contribution in [0.1, 0.15) is 19.4 Å². The Balaban J connectivity index is 1.88. The summed E-state index contributed by atoms with van der Waals surface area (Å²) in [5.41, 5.74) is 1.31. The first kappa shape index (κ1) is 18.1. The minimum absolute atomic E-state index is 0.00859. The lowest BCUT2D eigenvalue weighted by atomic mass is 10.0. The van der Waals surface area contributed by atoms with E-state index in [-0.39, 0.29) is 35.2 Å². The second-order valence-corrected chi connectivity index (χ2v) is 6.98. The van der Waals surface area contributed by atoms with E-state index in [1.54, 1.807) is 6.07 Å². The highest BCUT2D eigenvalue weighted by Gasteiger charge is 2.29. The molecule has 27 heavy (non-hydrogen) atoms. The predicted molar refractivity (Wildman–Crippen MR) is 98.1 cm³/mol. The summed E-state index contributed by atoms with van der Waals surface area (Å²) in [7, 11) is 0. The van der Waals surface area contributed by atoms with Gasteiger partial charge >= 0.3 is 0 Å². The second-order valence-electron chi connectivity index (χ2n) is 6.62. The average Bonchev–Trinajstić information content (AvgIpc) is 3.05. The van der Waals surface area contributed by atoms with E-state index in [2.05, 4.69) is 15.1 Å². The zero-order valence-corrected chi connectivity index (χ0v) is 15.6. The molecular weight excluding hydrogens is 375 g/mol. The largest absolute Gasteiger partial charge is 0.392 e. The van der Waals surface area contributed by atoms with Gasteiger partial charge in [-0.2, -0.15) is 0 Å². The van der Waals surface area contributed by atoms with Crippen LogP contribution in [-0.4, -0.2) is 45.5 Å². The number of anilines is 1. The van der Waals surface area contributed by atoms with E-state index in [0.717, 1.165) is 0 Å². The number of rotatable bonds is 3. The van der Waals surface area contributed by atoms with Crippen LogP contribution in [0.2, 0.25) is 5.15 Å². The number of hydrogen-bond acceptors (Lipinski definition) is 7. The molecular formula is C18H18ClFN4O3. The zero-order valence-electron chi connectivity index (χ0n) is 14.8. The van der Waals surface area contributed by atoms with Crippen LogP contribution in [0.25, 0.3) is 22.4 Å². The van der Waals surface area contributed by atoms with Crippen LogP contribution < -0.4 is 4.90 Å². The predicted octanol–water partition coefficient (Wildman–Crippen LogP) is 3.18. The Hall–Kier alpha value is -2.29. The maximum atomic E-state index is 15.4. The van der Waals surface area contributed by atoms with Crippen LogP contribution in [-0.2, 0) is 11.3 Å². The van der Waals surface area contributed by atoms with E-state index >= 15 is 4.39 Å². The van der Waals surface area contributed by atoms with Crippen molar-refractivity contribution in [2.75, 3.05) is 18.0 Å². The molecule has 1 fully saturated rings. The van der Waals surface area contributed by atoms with Crippen molar-refractivity contribution in [1.82, 2.24) is 15.1 Å². The molecule has 2 aromatic heterocycles. The normalized spacial score (nSPS) is 20.4. The fraction of sp³-hybridized carbons (Fsp3) is 0.389. The molecule has 3 heterocycles. The summed E-state index contributed by atoms with van der Waals surface area (Å²) in [6.45, 7) is 4.55. The maximum absolute atomic E-state index is 15.4. The van der Waals surface area contributed by atoms with Crippen molar-refractivity contribution >= 4 is 28.3 Å². The number of benzene rings is 1. The van der Waals surface area contributed by atoms with Crippen LogP contribution in [0.3, 0.4) is 0 Å². The molecule has 0 bridgehead atoms. The summed E-state index contributed by atoms with van der Waals surface area (Å²) >= 11 is 6.09. The van der Waals surface area contributed by atoms with Crippen molar-refractivity contribution in [1.29, 1.82) is 0 Å². The van der Waals surface area contributed by atoms with E-state index in [0.29, 0.717) is 35.4 Å². The van der Waals surface area contributed by atoms with E-state index in [9.17, 15) is 5.11 Å². The third-order valence-corrected chi connectivity index (χ3v) is 4.82. The minimum atomic E-state index is -0.573. The van der Waals surface area contributed by atoms with Crippen LogP contribution in [0.4, 0.5) is 10.1 Å². The van der Waals surface area contributed by atoms with Gasteiger partial charge in [-0.3, -0.25) is 0 Å². The van der Waals surface area contributed by atoms with E-state index in [4.69, 9.17) is 20.9 Å². The Bertz CT molecular complexity index is 986. The standard InChI is InChI=1S/C18H18ClFN4O3/c1-9-6-24(7-10(2)26-9)16-11(8-25)5-12-14(23-27-17(12)13(16)20)15-18(19)22-4-3-21-15/h3-5,9-10,25H,6-8H2,1-2H3/t9-,10+. The molecule has 7 nitrogen and oxygen atoms in total. The Kier molecular flexibility index (Phi) is 4.71.